The van der Waals surface area contributed by atoms with E-state index in [-0.39, 0.29) is 0 Å². The van der Waals surface area contributed by atoms with Gasteiger partial charge in [0.1, 0.15) is 0 Å². The van der Waals surface area contributed by atoms with Gasteiger partial charge in [-0.15, -0.1) is 0 Å². The van der Waals surface area contributed by atoms with E-state index in [4.69, 9.17) is 5.26 Å². The Morgan fingerprint density at radius 1 is 1.24 bits per heavy atom. The van der Waals surface area contributed by atoms with Crippen LogP contribution >= 0.6 is 0 Å². The summed E-state index contributed by atoms with van der Waals surface area (Å²) in [5.41, 5.74) is 3.32. The Morgan fingerprint density at radius 3 is 3.06 bits per heavy atom. The largest absolute Gasteiger partial charge is 0.236 e. The second-order valence-corrected chi connectivity index (χ2v) is 3.64. The molecule has 0 fully saturated rings. The number of benzene rings is 1. The van der Waals surface area contributed by atoms with Gasteiger partial charge in [-0.05, 0) is 23.8 Å². The van der Waals surface area contributed by atoms with Crippen LogP contribution in [0.3, 0.4) is 0 Å². The van der Waals surface area contributed by atoms with Crippen LogP contribution in [0.25, 0.3) is 16.8 Å². The summed E-state index contributed by atoms with van der Waals surface area (Å²) in [4.78, 5) is 4.29. The molecule has 0 bridgehead atoms. The topological polar surface area (TPSA) is 54.0 Å². The summed E-state index contributed by atoms with van der Waals surface area (Å²) in [6.07, 6.45) is 5.34. The Bertz CT molecular complexity index is 721. The Kier molecular flexibility index (Phi) is 2.09. The van der Waals surface area contributed by atoms with Crippen LogP contribution in [-0.4, -0.2) is 14.6 Å². The zero-order valence-electron chi connectivity index (χ0n) is 8.91. The van der Waals surface area contributed by atoms with E-state index in [1.54, 1.807) is 23.0 Å². The third-order valence-electron chi connectivity index (χ3n) is 2.58. The van der Waals surface area contributed by atoms with E-state index in [2.05, 4.69) is 16.2 Å². The number of rotatable bonds is 1. The van der Waals surface area contributed by atoms with Crippen molar-refractivity contribution in [1.82, 2.24) is 14.6 Å². The molecule has 3 aromatic rings. The lowest BCUT2D eigenvalue weighted by atomic mass is 10.1. The molecule has 0 saturated carbocycles. The molecule has 0 aliphatic carbocycles. The van der Waals surface area contributed by atoms with Gasteiger partial charge in [0.2, 0.25) is 0 Å². The molecule has 0 aliphatic rings. The third-order valence-corrected chi connectivity index (χ3v) is 2.58. The van der Waals surface area contributed by atoms with Gasteiger partial charge >= 0.3 is 0 Å². The molecule has 0 atom stereocenters. The number of nitriles is 1. The maximum atomic E-state index is 8.89. The minimum atomic E-state index is 0.637. The predicted octanol–water partition coefficient (Wildman–Crippen LogP) is 2.27. The highest BCUT2D eigenvalue weighted by molar-refractivity contribution is 5.77. The second kappa shape index (κ2) is 3.72. The van der Waals surface area contributed by atoms with Crippen molar-refractivity contribution in [3.63, 3.8) is 0 Å². The minimum absolute atomic E-state index is 0.637. The van der Waals surface area contributed by atoms with Crippen LogP contribution in [0, 0.1) is 11.3 Å². The van der Waals surface area contributed by atoms with Crippen LogP contribution in [0.1, 0.15) is 5.56 Å². The molecule has 0 N–H and O–H groups in total. The van der Waals surface area contributed by atoms with Crippen molar-refractivity contribution in [2.45, 2.75) is 0 Å². The lowest BCUT2D eigenvalue weighted by molar-refractivity contribution is 0.939. The van der Waals surface area contributed by atoms with Crippen LogP contribution in [0.2, 0.25) is 0 Å². The second-order valence-electron chi connectivity index (χ2n) is 3.64. The first-order chi connectivity index (χ1) is 8.38. The Hall–Kier alpha value is -2.67. The first kappa shape index (κ1) is 9.55. The molecular weight excluding hydrogens is 212 g/mol. The Labute approximate surface area is 97.8 Å². The lowest BCUT2D eigenvalue weighted by Crippen LogP contribution is -1.87. The number of fused-ring (bicyclic) bond motifs is 1. The monoisotopic (exact) mass is 220 g/mol. The van der Waals surface area contributed by atoms with Gasteiger partial charge in [-0.25, -0.2) is 9.50 Å². The summed E-state index contributed by atoms with van der Waals surface area (Å²) in [7, 11) is 0. The number of aromatic nitrogens is 3. The van der Waals surface area contributed by atoms with Crippen molar-refractivity contribution in [2.75, 3.05) is 0 Å². The summed E-state index contributed by atoms with van der Waals surface area (Å²) in [6.45, 7) is 0. The van der Waals surface area contributed by atoms with Gasteiger partial charge in [0.15, 0.2) is 5.65 Å². The molecule has 0 saturated heterocycles. The first-order valence-corrected chi connectivity index (χ1v) is 5.17. The maximum absolute atomic E-state index is 8.89. The highest BCUT2D eigenvalue weighted by Gasteiger charge is 2.07. The Morgan fingerprint density at radius 2 is 2.18 bits per heavy atom. The number of hydrogen-bond acceptors (Lipinski definition) is 3. The average molecular weight is 220 g/mol. The molecule has 1 aromatic carbocycles. The van der Waals surface area contributed by atoms with Crippen LogP contribution in [0.15, 0.2) is 48.9 Å². The molecule has 0 aliphatic heterocycles. The molecular formula is C13H8N4. The van der Waals surface area contributed by atoms with Crippen molar-refractivity contribution in [1.29, 1.82) is 5.26 Å². The van der Waals surface area contributed by atoms with E-state index in [1.165, 1.54) is 0 Å². The lowest BCUT2D eigenvalue weighted by Gasteiger charge is -1.98. The van der Waals surface area contributed by atoms with Gasteiger partial charge in [-0.1, -0.05) is 12.1 Å². The van der Waals surface area contributed by atoms with Gasteiger partial charge in [-0.3, -0.25) is 0 Å². The molecule has 4 nitrogen and oxygen atoms in total. The van der Waals surface area contributed by atoms with Gasteiger partial charge in [0, 0.05) is 18.0 Å². The van der Waals surface area contributed by atoms with E-state index in [1.807, 2.05) is 30.5 Å². The summed E-state index contributed by atoms with van der Waals surface area (Å²) < 4.78 is 1.72. The average Bonchev–Trinajstić information content (AvgIpc) is 2.82. The highest BCUT2D eigenvalue weighted by atomic mass is 15.2. The normalized spacial score (nSPS) is 10.3. The van der Waals surface area contributed by atoms with Crippen molar-refractivity contribution in [3.05, 3.63) is 54.5 Å². The fraction of sp³-hybridized carbons (Fsp3) is 0. The van der Waals surface area contributed by atoms with Crippen molar-refractivity contribution >= 4 is 5.65 Å². The van der Waals surface area contributed by atoms with E-state index in [0.717, 1.165) is 16.8 Å². The first-order valence-electron chi connectivity index (χ1n) is 5.17. The zero-order valence-corrected chi connectivity index (χ0v) is 8.91. The summed E-state index contributed by atoms with van der Waals surface area (Å²) in [5, 5.41) is 13.1. The fourth-order valence-corrected chi connectivity index (χ4v) is 1.79. The van der Waals surface area contributed by atoms with Crippen LogP contribution in [0.5, 0.6) is 0 Å². The van der Waals surface area contributed by atoms with Gasteiger partial charge < -0.3 is 0 Å². The van der Waals surface area contributed by atoms with Crippen molar-refractivity contribution < 1.29 is 0 Å². The molecule has 80 valence electrons. The standard InChI is InChI=1S/C13H8N4/c14-8-10-3-1-4-11(7-10)12-9-16-17-6-2-5-15-13(12)17/h1-7,9H. The quantitative estimate of drug-likeness (QED) is 0.632. The fourth-order valence-electron chi connectivity index (χ4n) is 1.79. The number of nitrogens with zero attached hydrogens (tertiary/aromatic N) is 4. The third kappa shape index (κ3) is 1.54. The Balaban J connectivity index is 2.24. The van der Waals surface area contributed by atoms with Crippen molar-refractivity contribution in [2.24, 2.45) is 0 Å². The molecule has 0 radical (unpaired) electrons. The smallest absolute Gasteiger partial charge is 0.162 e. The predicted molar refractivity (Wildman–Crippen MR) is 63.1 cm³/mol. The van der Waals surface area contributed by atoms with Crippen LogP contribution in [0.4, 0.5) is 0 Å². The molecule has 17 heavy (non-hydrogen) atoms. The van der Waals surface area contributed by atoms with E-state index < -0.39 is 0 Å². The number of hydrogen-bond donors (Lipinski definition) is 0. The van der Waals surface area contributed by atoms with E-state index >= 15 is 0 Å². The van der Waals surface area contributed by atoms with Gasteiger partial charge in [-0.2, -0.15) is 10.4 Å². The molecule has 4 heteroatoms. The highest BCUT2D eigenvalue weighted by Crippen LogP contribution is 2.23. The maximum Gasteiger partial charge on any atom is 0.162 e. The summed E-state index contributed by atoms with van der Waals surface area (Å²) in [6, 6.07) is 11.4. The molecule has 2 aromatic heterocycles. The molecule has 3 rings (SSSR count). The van der Waals surface area contributed by atoms with Crippen LogP contribution < -0.4 is 0 Å². The van der Waals surface area contributed by atoms with Crippen LogP contribution in [-0.2, 0) is 0 Å². The molecule has 0 amide bonds. The molecule has 0 spiro atoms. The van der Waals surface area contributed by atoms with Crippen molar-refractivity contribution in [3.8, 4) is 17.2 Å². The van der Waals surface area contributed by atoms with Gasteiger partial charge in [0.25, 0.3) is 0 Å². The zero-order chi connectivity index (χ0) is 11.7. The minimum Gasteiger partial charge on any atom is -0.236 e. The van der Waals surface area contributed by atoms with E-state index in [9.17, 15) is 0 Å². The van der Waals surface area contributed by atoms with Gasteiger partial charge in [0.05, 0.1) is 17.8 Å². The molecule has 0 unspecified atom stereocenters. The SMILES string of the molecule is N#Cc1cccc(-c2cnn3cccnc23)c1. The molecule has 2 heterocycles. The summed E-state index contributed by atoms with van der Waals surface area (Å²) >= 11 is 0. The van der Waals surface area contributed by atoms with E-state index in [0.29, 0.717) is 5.56 Å². The summed E-state index contributed by atoms with van der Waals surface area (Å²) in [5.74, 6) is 0.